The maximum atomic E-state index is 12.8. The van der Waals surface area contributed by atoms with Gasteiger partial charge in [0, 0.05) is 38.6 Å². The molecular weight excluding hydrogens is 322 g/mol. The lowest BCUT2D eigenvalue weighted by Gasteiger charge is -2.32. The Balaban J connectivity index is 1.57. The van der Waals surface area contributed by atoms with Crippen molar-refractivity contribution < 1.29 is 9.21 Å². The molecule has 1 N–H and O–H groups in total. The van der Waals surface area contributed by atoms with Crippen molar-refractivity contribution in [1.82, 2.24) is 14.3 Å². The van der Waals surface area contributed by atoms with E-state index in [9.17, 15) is 9.59 Å². The number of carbonyl (C=O) groups excluding carboxylic acids is 1. The number of oxazole rings is 1. The highest BCUT2D eigenvalue weighted by Gasteiger charge is 2.30. The lowest BCUT2D eigenvalue weighted by molar-refractivity contribution is -0.120. The number of carbonyl (C=O) groups is 1. The van der Waals surface area contributed by atoms with Gasteiger partial charge in [-0.2, -0.15) is 5.10 Å². The zero-order valence-corrected chi connectivity index (χ0v) is 14.1. The molecule has 0 aliphatic carbocycles. The van der Waals surface area contributed by atoms with Gasteiger partial charge in [-0.3, -0.25) is 14.0 Å². The smallest absolute Gasteiger partial charge is 0.408 e. The van der Waals surface area contributed by atoms with Gasteiger partial charge in [-0.05, 0) is 25.0 Å². The minimum atomic E-state index is -0.399. The van der Waals surface area contributed by atoms with Crippen LogP contribution in [0, 0.1) is 0 Å². The Labute approximate surface area is 143 Å². The molecule has 3 aromatic rings. The maximum Gasteiger partial charge on any atom is 0.419 e. The van der Waals surface area contributed by atoms with Gasteiger partial charge in [-0.25, -0.2) is 4.79 Å². The fourth-order valence-corrected chi connectivity index (χ4v) is 3.24. The van der Waals surface area contributed by atoms with Crippen molar-refractivity contribution in [3.05, 3.63) is 41.1 Å². The number of nitrogens with one attached hydrogen (secondary N) is 1. The number of nitrogens with zero attached hydrogens (tertiary/aromatic N) is 4. The SMILES string of the molecule is Cn1cc(N2CCC[C@@H](Nc3ccc4c(c3)oc(=O)n4C)C2=O)cn1. The predicted molar refractivity (Wildman–Crippen MR) is 93.7 cm³/mol. The molecule has 1 aliphatic rings. The number of aryl methyl sites for hydroxylation is 2. The number of aromatic nitrogens is 3. The summed E-state index contributed by atoms with van der Waals surface area (Å²) in [4.78, 5) is 26.2. The predicted octanol–water partition coefficient (Wildman–Crippen LogP) is 1.47. The monoisotopic (exact) mass is 341 g/mol. The highest BCUT2D eigenvalue weighted by molar-refractivity contribution is 5.99. The summed E-state index contributed by atoms with van der Waals surface area (Å²) < 4.78 is 8.35. The lowest BCUT2D eigenvalue weighted by atomic mass is 10.0. The van der Waals surface area contributed by atoms with Crippen LogP contribution in [-0.2, 0) is 18.9 Å². The quantitative estimate of drug-likeness (QED) is 0.780. The number of hydrogen-bond donors (Lipinski definition) is 1. The van der Waals surface area contributed by atoms with Gasteiger partial charge < -0.3 is 14.6 Å². The molecule has 1 atom stereocenters. The van der Waals surface area contributed by atoms with Gasteiger partial charge in [0.05, 0.1) is 17.4 Å². The third kappa shape index (κ3) is 2.69. The van der Waals surface area contributed by atoms with Gasteiger partial charge >= 0.3 is 5.76 Å². The van der Waals surface area contributed by atoms with Gasteiger partial charge in [-0.1, -0.05) is 0 Å². The van der Waals surface area contributed by atoms with Crippen LogP contribution in [0.25, 0.3) is 11.1 Å². The molecular formula is C17H19N5O3. The summed E-state index contributed by atoms with van der Waals surface area (Å²) in [6.07, 6.45) is 5.20. The molecule has 0 bridgehead atoms. The second kappa shape index (κ2) is 5.80. The first-order chi connectivity index (χ1) is 12.0. The average Bonchev–Trinajstić information content (AvgIpc) is 3.13. The molecule has 8 nitrogen and oxygen atoms in total. The molecule has 25 heavy (non-hydrogen) atoms. The van der Waals surface area contributed by atoms with Crippen LogP contribution in [0.2, 0.25) is 0 Å². The van der Waals surface area contributed by atoms with Crippen molar-refractivity contribution in [3.8, 4) is 0 Å². The molecule has 8 heteroatoms. The Morgan fingerprint density at radius 3 is 2.88 bits per heavy atom. The first-order valence-corrected chi connectivity index (χ1v) is 8.19. The van der Waals surface area contributed by atoms with Crippen LogP contribution in [-0.4, -0.2) is 32.8 Å². The summed E-state index contributed by atoms with van der Waals surface area (Å²) in [6, 6.07) is 5.11. The fourth-order valence-electron chi connectivity index (χ4n) is 3.24. The first-order valence-electron chi connectivity index (χ1n) is 8.19. The molecule has 2 aromatic heterocycles. The first kappa shape index (κ1) is 15.5. The molecule has 1 aliphatic heterocycles. The normalized spacial score (nSPS) is 18.1. The summed E-state index contributed by atoms with van der Waals surface area (Å²) in [7, 11) is 3.49. The topological polar surface area (TPSA) is 85.3 Å². The molecule has 4 rings (SSSR count). The van der Waals surface area contributed by atoms with E-state index in [-0.39, 0.29) is 11.9 Å². The van der Waals surface area contributed by atoms with Crippen LogP contribution < -0.4 is 16.0 Å². The van der Waals surface area contributed by atoms with Crippen molar-refractivity contribution in [3.63, 3.8) is 0 Å². The van der Waals surface area contributed by atoms with Gasteiger partial charge in [0.2, 0.25) is 5.91 Å². The number of rotatable bonds is 3. The van der Waals surface area contributed by atoms with Gasteiger partial charge in [0.25, 0.3) is 0 Å². The molecule has 3 heterocycles. The molecule has 1 aromatic carbocycles. The zero-order valence-electron chi connectivity index (χ0n) is 14.1. The van der Waals surface area contributed by atoms with Crippen molar-refractivity contribution in [2.75, 3.05) is 16.8 Å². The highest BCUT2D eigenvalue weighted by Crippen LogP contribution is 2.24. The van der Waals surface area contributed by atoms with E-state index in [2.05, 4.69) is 10.4 Å². The third-order valence-electron chi connectivity index (χ3n) is 4.57. The lowest BCUT2D eigenvalue weighted by Crippen LogP contribution is -2.47. The van der Waals surface area contributed by atoms with Crippen LogP contribution in [0.15, 0.2) is 39.8 Å². The Kier molecular flexibility index (Phi) is 3.60. The van der Waals surface area contributed by atoms with E-state index < -0.39 is 5.76 Å². The maximum absolute atomic E-state index is 12.8. The van der Waals surface area contributed by atoms with E-state index in [0.29, 0.717) is 12.1 Å². The van der Waals surface area contributed by atoms with Crippen molar-refractivity contribution >= 4 is 28.4 Å². The van der Waals surface area contributed by atoms with Crippen molar-refractivity contribution in [1.29, 1.82) is 0 Å². The fraction of sp³-hybridized carbons (Fsp3) is 0.353. The van der Waals surface area contributed by atoms with Crippen LogP contribution in [0.4, 0.5) is 11.4 Å². The number of benzene rings is 1. The van der Waals surface area contributed by atoms with E-state index in [1.54, 1.807) is 28.9 Å². The van der Waals surface area contributed by atoms with E-state index >= 15 is 0 Å². The molecule has 130 valence electrons. The Morgan fingerprint density at radius 2 is 2.12 bits per heavy atom. The van der Waals surface area contributed by atoms with Crippen molar-refractivity contribution in [2.24, 2.45) is 14.1 Å². The minimum Gasteiger partial charge on any atom is -0.408 e. The Hall–Kier alpha value is -3.03. The second-order valence-corrected chi connectivity index (χ2v) is 6.31. The number of amides is 1. The second-order valence-electron chi connectivity index (χ2n) is 6.31. The third-order valence-corrected chi connectivity index (χ3v) is 4.57. The largest absolute Gasteiger partial charge is 0.419 e. The molecule has 1 saturated heterocycles. The van der Waals surface area contributed by atoms with Crippen LogP contribution in [0.1, 0.15) is 12.8 Å². The van der Waals surface area contributed by atoms with E-state index in [0.717, 1.165) is 29.7 Å². The number of hydrogen-bond acceptors (Lipinski definition) is 5. The Bertz CT molecular complexity index is 999. The van der Waals surface area contributed by atoms with Gasteiger partial charge in [-0.15, -0.1) is 0 Å². The van der Waals surface area contributed by atoms with E-state index in [1.165, 1.54) is 4.57 Å². The van der Waals surface area contributed by atoms with E-state index in [4.69, 9.17) is 4.42 Å². The van der Waals surface area contributed by atoms with Crippen LogP contribution in [0.5, 0.6) is 0 Å². The highest BCUT2D eigenvalue weighted by atomic mass is 16.4. The van der Waals surface area contributed by atoms with Gasteiger partial charge in [0.15, 0.2) is 5.58 Å². The van der Waals surface area contributed by atoms with Gasteiger partial charge in [0.1, 0.15) is 6.04 Å². The summed E-state index contributed by atoms with van der Waals surface area (Å²) in [6.45, 7) is 0.690. The number of piperidine rings is 1. The van der Waals surface area contributed by atoms with E-state index in [1.807, 2.05) is 25.4 Å². The summed E-state index contributed by atoms with van der Waals surface area (Å²) >= 11 is 0. The van der Waals surface area contributed by atoms with Crippen LogP contribution >= 0.6 is 0 Å². The zero-order chi connectivity index (χ0) is 17.6. The number of fused-ring (bicyclic) bond motifs is 1. The average molecular weight is 341 g/mol. The molecule has 0 saturated carbocycles. The van der Waals surface area contributed by atoms with Crippen molar-refractivity contribution in [2.45, 2.75) is 18.9 Å². The number of anilines is 2. The summed E-state index contributed by atoms with van der Waals surface area (Å²) in [5.74, 6) is -0.377. The minimum absolute atomic E-state index is 0.0221. The standard InChI is InChI=1S/C17H19N5O3/c1-20-10-12(9-18-20)22-7-3-4-13(16(22)23)19-11-5-6-14-15(8-11)25-17(24)21(14)2/h5-6,8-10,13,19H,3-4,7H2,1-2H3/t13-/m1/s1. The molecule has 0 radical (unpaired) electrons. The summed E-state index contributed by atoms with van der Waals surface area (Å²) in [5, 5.41) is 7.41. The summed E-state index contributed by atoms with van der Waals surface area (Å²) in [5.41, 5.74) is 2.80. The molecule has 0 unspecified atom stereocenters. The molecule has 0 spiro atoms. The Morgan fingerprint density at radius 1 is 1.28 bits per heavy atom. The van der Waals surface area contributed by atoms with Crippen LogP contribution in [0.3, 0.4) is 0 Å². The molecule has 1 fully saturated rings. The molecule has 1 amide bonds.